The molecule has 2 nitrogen and oxygen atoms in total. The van der Waals surface area contributed by atoms with Gasteiger partial charge in [0.15, 0.2) is 0 Å². The van der Waals surface area contributed by atoms with Gasteiger partial charge in [-0.3, -0.25) is 5.10 Å². The zero-order valence-corrected chi connectivity index (χ0v) is 11.7. The van der Waals surface area contributed by atoms with Crippen LogP contribution in [0.15, 0.2) is 11.6 Å². The molecule has 0 saturated heterocycles. The molecule has 0 aromatic carbocycles. The quantitative estimate of drug-likeness (QED) is 0.848. The van der Waals surface area contributed by atoms with Crippen LogP contribution in [-0.4, -0.2) is 16.0 Å². The van der Waals surface area contributed by atoms with Crippen molar-refractivity contribution >= 4 is 17.8 Å². The van der Waals surface area contributed by atoms with Gasteiger partial charge in [-0.1, -0.05) is 34.6 Å². The van der Waals surface area contributed by atoms with E-state index in [1.54, 1.807) is 0 Å². The molecule has 0 bridgehead atoms. The molecule has 0 unspecified atom stereocenters. The number of nitrogens with zero attached hydrogens (tertiary/aromatic N) is 1. The monoisotopic (exact) mass is 238 g/mol. The van der Waals surface area contributed by atoms with E-state index in [4.69, 9.17) is 0 Å². The zero-order valence-electron chi connectivity index (χ0n) is 10.9. The Morgan fingerprint density at radius 3 is 2.69 bits per heavy atom. The number of aromatic nitrogens is 2. The minimum absolute atomic E-state index is 0.379. The van der Waals surface area contributed by atoms with Gasteiger partial charge in [0.05, 0.1) is 11.9 Å². The molecular formula is C13H22N2S. The van der Waals surface area contributed by atoms with Gasteiger partial charge in [0.2, 0.25) is 0 Å². The minimum Gasteiger partial charge on any atom is -0.278 e. The topological polar surface area (TPSA) is 28.7 Å². The molecule has 0 saturated carbocycles. The maximum absolute atomic E-state index is 4.09. The van der Waals surface area contributed by atoms with Crippen LogP contribution in [0.2, 0.25) is 0 Å². The van der Waals surface area contributed by atoms with E-state index >= 15 is 0 Å². The van der Waals surface area contributed by atoms with E-state index in [1.165, 1.54) is 5.56 Å². The standard InChI is InChI=1S/C13H22N2S/c1-10(2)11-8-14-15-12(11)6-7-16-9-13(3,4)5/h6-8,10H,9H2,1-5H3,(H,14,15)/b7-6-. The Morgan fingerprint density at radius 1 is 1.44 bits per heavy atom. The molecule has 1 N–H and O–H groups in total. The fourth-order valence-electron chi connectivity index (χ4n) is 1.31. The zero-order chi connectivity index (χ0) is 12.2. The average molecular weight is 238 g/mol. The van der Waals surface area contributed by atoms with E-state index in [1.807, 2.05) is 18.0 Å². The van der Waals surface area contributed by atoms with Crippen molar-refractivity contribution in [3.63, 3.8) is 0 Å². The molecule has 3 heteroatoms. The molecule has 0 radical (unpaired) electrons. The molecule has 0 fully saturated rings. The third-order valence-corrected chi connectivity index (χ3v) is 3.53. The Morgan fingerprint density at radius 2 is 2.12 bits per heavy atom. The number of H-pyrrole nitrogens is 1. The van der Waals surface area contributed by atoms with E-state index in [9.17, 15) is 0 Å². The van der Waals surface area contributed by atoms with E-state index in [-0.39, 0.29) is 0 Å². The Balaban J connectivity index is 2.53. The van der Waals surface area contributed by atoms with Gasteiger partial charge in [-0.2, -0.15) is 5.10 Å². The van der Waals surface area contributed by atoms with Gasteiger partial charge >= 0.3 is 0 Å². The van der Waals surface area contributed by atoms with Crippen LogP contribution in [0.5, 0.6) is 0 Å². The van der Waals surface area contributed by atoms with Crippen molar-refractivity contribution in [3.05, 3.63) is 22.9 Å². The smallest absolute Gasteiger partial charge is 0.0617 e. The van der Waals surface area contributed by atoms with Gasteiger partial charge in [-0.05, 0) is 28.4 Å². The van der Waals surface area contributed by atoms with Crippen LogP contribution in [0.3, 0.4) is 0 Å². The number of aromatic amines is 1. The molecular weight excluding hydrogens is 216 g/mol. The first-order valence-electron chi connectivity index (χ1n) is 5.71. The first-order chi connectivity index (χ1) is 7.40. The molecule has 90 valence electrons. The van der Waals surface area contributed by atoms with Gasteiger partial charge in [-0.25, -0.2) is 0 Å². The van der Waals surface area contributed by atoms with E-state index in [0.29, 0.717) is 11.3 Å². The fourth-order valence-corrected chi connectivity index (χ4v) is 2.14. The minimum atomic E-state index is 0.379. The summed E-state index contributed by atoms with van der Waals surface area (Å²) in [6, 6.07) is 0. The van der Waals surface area contributed by atoms with Crippen LogP contribution >= 0.6 is 11.8 Å². The molecule has 16 heavy (non-hydrogen) atoms. The van der Waals surface area contributed by atoms with Crippen molar-refractivity contribution in [3.8, 4) is 0 Å². The summed E-state index contributed by atoms with van der Waals surface area (Å²) >= 11 is 1.85. The van der Waals surface area contributed by atoms with Crippen LogP contribution in [0.4, 0.5) is 0 Å². The molecule has 0 amide bonds. The molecule has 1 heterocycles. The first-order valence-corrected chi connectivity index (χ1v) is 6.76. The lowest BCUT2D eigenvalue weighted by molar-refractivity contribution is 0.481. The fraction of sp³-hybridized carbons (Fsp3) is 0.615. The summed E-state index contributed by atoms with van der Waals surface area (Å²) in [5, 5.41) is 9.28. The Labute approximate surface area is 103 Å². The number of hydrogen-bond acceptors (Lipinski definition) is 2. The summed E-state index contributed by atoms with van der Waals surface area (Å²) in [4.78, 5) is 0. The maximum Gasteiger partial charge on any atom is 0.0617 e. The van der Waals surface area contributed by atoms with Crippen molar-refractivity contribution in [1.82, 2.24) is 10.2 Å². The third-order valence-electron chi connectivity index (χ3n) is 2.17. The molecule has 0 aliphatic heterocycles. The number of nitrogens with one attached hydrogen (secondary N) is 1. The molecule has 0 aliphatic rings. The third kappa shape index (κ3) is 4.44. The van der Waals surface area contributed by atoms with Gasteiger partial charge in [-0.15, -0.1) is 11.8 Å². The predicted octanol–water partition coefficient (Wildman–Crippen LogP) is 4.28. The number of rotatable bonds is 4. The summed E-state index contributed by atoms with van der Waals surface area (Å²) in [7, 11) is 0. The summed E-state index contributed by atoms with van der Waals surface area (Å²) in [5.74, 6) is 1.65. The highest BCUT2D eigenvalue weighted by molar-refractivity contribution is 8.02. The summed E-state index contributed by atoms with van der Waals surface area (Å²) < 4.78 is 0. The van der Waals surface area contributed by atoms with E-state index in [2.05, 4.69) is 56.3 Å². The van der Waals surface area contributed by atoms with Crippen LogP contribution in [0, 0.1) is 5.41 Å². The van der Waals surface area contributed by atoms with Crippen LogP contribution < -0.4 is 0 Å². The largest absolute Gasteiger partial charge is 0.278 e. The Kier molecular flexibility index (Phi) is 4.66. The molecule has 1 aromatic rings. The lowest BCUT2D eigenvalue weighted by atomic mass is 10.0. The maximum atomic E-state index is 4.09. The van der Waals surface area contributed by atoms with E-state index < -0.39 is 0 Å². The highest BCUT2D eigenvalue weighted by Crippen LogP contribution is 2.23. The molecule has 1 aromatic heterocycles. The van der Waals surface area contributed by atoms with Crippen molar-refractivity contribution < 1.29 is 0 Å². The SMILES string of the molecule is CC(C)c1cn[nH]c1/C=C\SCC(C)(C)C. The van der Waals surface area contributed by atoms with Crippen molar-refractivity contribution in [2.45, 2.75) is 40.5 Å². The summed E-state index contributed by atoms with van der Waals surface area (Å²) in [6.45, 7) is 11.1. The van der Waals surface area contributed by atoms with Crippen molar-refractivity contribution in [2.75, 3.05) is 5.75 Å². The Hall–Kier alpha value is -0.700. The Bertz CT molecular complexity index is 345. The number of hydrogen-bond donors (Lipinski definition) is 1. The lowest BCUT2D eigenvalue weighted by Crippen LogP contribution is -2.07. The van der Waals surface area contributed by atoms with Crippen molar-refractivity contribution in [1.29, 1.82) is 0 Å². The molecule has 1 rings (SSSR count). The van der Waals surface area contributed by atoms with Crippen molar-refractivity contribution in [2.24, 2.45) is 5.41 Å². The second-order valence-electron chi connectivity index (χ2n) is 5.57. The van der Waals surface area contributed by atoms with Gasteiger partial charge in [0.1, 0.15) is 0 Å². The molecule has 0 aliphatic carbocycles. The molecule has 0 atom stereocenters. The van der Waals surface area contributed by atoms with Crippen LogP contribution in [0.1, 0.15) is 51.8 Å². The predicted molar refractivity (Wildman–Crippen MR) is 73.6 cm³/mol. The van der Waals surface area contributed by atoms with Crippen LogP contribution in [0.25, 0.3) is 6.08 Å². The van der Waals surface area contributed by atoms with Gasteiger partial charge in [0, 0.05) is 5.75 Å². The second-order valence-corrected chi connectivity index (χ2v) is 6.46. The van der Waals surface area contributed by atoms with E-state index in [0.717, 1.165) is 11.4 Å². The normalized spacial score (nSPS) is 12.9. The van der Waals surface area contributed by atoms with Gasteiger partial charge in [0.25, 0.3) is 0 Å². The van der Waals surface area contributed by atoms with Gasteiger partial charge < -0.3 is 0 Å². The average Bonchev–Trinajstić information content (AvgIpc) is 2.58. The molecule has 0 spiro atoms. The number of thioether (sulfide) groups is 1. The summed E-state index contributed by atoms with van der Waals surface area (Å²) in [6.07, 6.45) is 4.04. The lowest BCUT2D eigenvalue weighted by Gasteiger charge is -2.15. The highest BCUT2D eigenvalue weighted by Gasteiger charge is 2.09. The summed E-state index contributed by atoms with van der Waals surface area (Å²) in [5.41, 5.74) is 2.80. The van der Waals surface area contributed by atoms with Crippen LogP contribution in [-0.2, 0) is 0 Å². The second kappa shape index (κ2) is 5.58. The highest BCUT2D eigenvalue weighted by atomic mass is 32.2. The first kappa shape index (κ1) is 13.4.